The zero-order valence-corrected chi connectivity index (χ0v) is 9.46. The van der Waals surface area contributed by atoms with Crippen molar-refractivity contribution >= 4 is 17.6 Å². The zero-order chi connectivity index (χ0) is 10.7. The van der Waals surface area contributed by atoms with Crippen molar-refractivity contribution in [3.63, 3.8) is 0 Å². The average Bonchev–Trinajstić information content (AvgIpc) is 2.82. The fourth-order valence-corrected chi connectivity index (χ4v) is 2.21. The summed E-state index contributed by atoms with van der Waals surface area (Å²) in [4.78, 5) is 13.7. The first-order chi connectivity index (χ1) is 7.29. The number of amides is 1. The van der Waals surface area contributed by atoms with Crippen LogP contribution in [0.25, 0.3) is 0 Å². The third kappa shape index (κ3) is 2.32. The van der Waals surface area contributed by atoms with E-state index in [4.69, 9.17) is 0 Å². The molecule has 0 radical (unpaired) electrons. The molecule has 0 atom stereocenters. The molecule has 1 N–H and O–H groups in total. The van der Waals surface area contributed by atoms with Gasteiger partial charge in [-0.05, 0) is 25.9 Å². The lowest BCUT2D eigenvalue weighted by Crippen LogP contribution is -2.44. The smallest absolute Gasteiger partial charge is 0.275 e. The summed E-state index contributed by atoms with van der Waals surface area (Å²) in [5.41, 5.74) is 0.459. The van der Waals surface area contributed by atoms with E-state index in [0.29, 0.717) is 11.7 Å². The number of piperidine rings is 1. The molecule has 6 heteroatoms. The van der Waals surface area contributed by atoms with Gasteiger partial charge in [-0.3, -0.25) is 4.79 Å². The van der Waals surface area contributed by atoms with Gasteiger partial charge in [-0.2, -0.15) is 8.75 Å². The number of aromatic nitrogens is 2. The Bertz CT molecular complexity index is 321. The molecule has 0 unspecified atom stereocenters. The van der Waals surface area contributed by atoms with Crippen LogP contribution in [0.5, 0.6) is 0 Å². The predicted octanol–water partition coefficient (Wildman–Crippen LogP) is 0.362. The summed E-state index contributed by atoms with van der Waals surface area (Å²) in [6, 6.07) is 0.334. The van der Waals surface area contributed by atoms with Gasteiger partial charge >= 0.3 is 0 Å². The first-order valence-electron chi connectivity index (χ1n) is 5.04. The van der Waals surface area contributed by atoms with E-state index in [1.54, 1.807) is 4.90 Å². The molecule has 1 aliphatic rings. The molecule has 1 aromatic rings. The number of rotatable bonds is 2. The fourth-order valence-electron chi connectivity index (χ4n) is 1.80. The molecule has 0 spiro atoms. The van der Waals surface area contributed by atoms with Gasteiger partial charge < -0.3 is 10.2 Å². The second kappa shape index (κ2) is 4.67. The lowest BCUT2D eigenvalue weighted by atomic mass is 10.1. The molecule has 0 aromatic carbocycles. The van der Waals surface area contributed by atoms with E-state index in [9.17, 15) is 4.79 Å². The molecule has 1 fully saturated rings. The molecule has 15 heavy (non-hydrogen) atoms. The number of carbonyl (C=O) groups is 1. The quantitative estimate of drug-likeness (QED) is 0.791. The van der Waals surface area contributed by atoms with Crippen molar-refractivity contribution in [2.24, 2.45) is 0 Å². The second-order valence-corrected chi connectivity index (χ2v) is 4.25. The van der Waals surface area contributed by atoms with Gasteiger partial charge in [0.25, 0.3) is 5.91 Å². The molecule has 1 saturated heterocycles. The highest BCUT2D eigenvalue weighted by atomic mass is 32.1. The van der Waals surface area contributed by atoms with E-state index >= 15 is 0 Å². The van der Waals surface area contributed by atoms with Crippen molar-refractivity contribution in [3.8, 4) is 0 Å². The van der Waals surface area contributed by atoms with E-state index in [2.05, 4.69) is 14.1 Å². The van der Waals surface area contributed by atoms with Gasteiger partial charge in [0.1, 0.15) is 0 Å². The Kier molecular flexibility index (Phi) is 3.27. The van der Waals surface area contributed by atoms with Gasteiger partial charge in [0, 0.05) is 13.1 Å². The summed E-state index contributed by atoms with van der Waals surface area (Å²) in [7, 11) is 1.84. The van der Waals surface area contributed by atoms with Gasteiger partial charge in [0.2, 0.25) is 0 Å². The number of nitrogens with one attached hydrogen (secondary N) is 1. The van der Waals surface area contributed by atoms with Crippen LogP contribution in [0.3, 0.4) is 0 Å². The second-order valence-electron chi connectivity index (χ2n) is 3.69. The van der Waals surface area contributed by atoms with Crippen molar-refractivity contribution < 1.29 is 4.79 Å². The Balaban J connectivity index is 2.00. The molecule has 0 saturated carbocycles. The molecular formula is C9H14N4OS. The maximum absolute atomic E-state index is 11.9. The van der Waals surface area contributed by atoms with Crippen LogP contribution in [-0.2, 0) is 0 Å². The largest absolute Gasteiger partial charge is 0.337 e. The first-order valence-corrected chi connectivity index (χ1v) is 5.77. The van der Waals surface area contributed by atoms with Crippen molar-refractivity contribution in [2.45, 2.75) is 18.9 Å². The highest BCUT2D eigenvalue weighted by molar-refractivity contribution is 6.99. The topological polar surface area (TPSA) is 58.1 Å². The minimum Gasteiger partial charge on any atom is -0.337 e. The maximum atomic E-state index is 11.9. The van der Waals surface area contributed by atoms with Gasteiger partial charge in [-0.15, -0.1) is 0 Å². The molecule has 1 amide bonds. The molecular weight excluding hydrogens is 212 g/mol. The van der Waals surface area contributed by atoms with Crippen LogP contribution in [0.4, 0.5) is 0 Å². The number of hydrogen-bond acceptors (Lipinski definition) is 5. The molecule has 0 bridgehead atoms. The van der Waals surface area contributed by atoms with E-state index in [1.807, 2.05) is 7.05 Å². The van der Waals surface area contributed by atoms with E-state index in [1.165, 1.54) is 6.20 Å². The lowest BCUT2D eigenvalue weighted by molar-refractivity contribution is 0.0698. The molecule has 2 heterocycles. The standard InChI is InChI=1S/C9H14N4OS/c1-13(7-2-4-10-5-3-7)9(14)8-6-11-15-12-8/h6-7,10H,2-5H2,1H3. The Labute approximate surface area is 92.8 Å². The van der Waals surface area contributed by atoms with Crippen LogP contribution in [0.15, 0.2) is 6.20 Å². The zero-order valence-electron chi connectivity index (χ0n) is 8.64. The van der Waals surface area contributed by atoms with Crippen LogP contribution in [0.2, 0.25) is 0 Å². The molecule has 1 aliphatic heterocycles. The van der Waals surface area contributed by atoms with Crippen molar-refractivity contribution in [2.75, 3.05) is 20.1 Å². The van der Waals surface area contributed by atoms with Gasteiger partial charge in [-0.25, -0.2) is 0 Å². The van der Waals surface area contributed by atoms with Crippen LogP contribution in [0.1, 0.15) is 23.3 Å². The third-order valence-electron chi connectivity index (χ3n) is 2.76. The predicted molar refractivity (Wildman–Crippen MR) is 57.9 cm³/mol. The summed E-state index contributed by atoms with van der Waals surface area (Å²) in [6.45, 7) is 1.97. The molecule has 5 nitrogen and oxygen atoms in total. The highest BCUT2D eigenvalue weighted by Gasteiger charge is 2.23. The third-order valence-corrected chi connectivity index (χ3v) is 3.24. The first kappa shape index (κ1) is 10.5. The Morgan fingerprint density at radius 1 is 1.60 bits per heavy atom. The summed E-state index contributed by atoms with van der Waals surface area (Å²) >= 11 is 1.07. The lowest BCUT2D eigenvalue weighted by Gasteiger charge is -2.31. The summed E-state index contributed by atoms with van der Waals surface area (Å²) < 4.78 is 7.80. The summed E-state index contributed by atoms with van der Waals surface area (Å²) in [5, 5.41) is 3.28. The van der Waals surface area contributed by atoms with Crippen molar-refractivity contribution in [1.82, 2.24) is 19.0 Å². The normalized spacial score (nSPS) is 17.7. The molecule has 2 rings (SSSR count). The number of carbonyl (C=O) groups excluding carboxylic acids is 1. The van der Waals surface area contributed by atoms with Gasteiger partial charge in [0.05, 0.1) is 17.9 Å². The Morgan fingerprint density at radius 3 is 2.93 bits per heavy atom. The highest BCUT2D eigenvalue weighted by Crippen LogP contribution is 2.12. The van der Waals surface area contributed by atoms with Gasteiger partial charge in [0.15, 0.2) is 5.69 Å². The van der Waals surface area contributed by atoms with E-state index < -0.39 is 0 Å². The summed E-state index contributed by atoms with van der Waals surface area (Å²) in [6.07, 6.45) is 3.56. The number of nitrogens with zero attached hydrogens (tertiary/aromatic N) is 3. The van der Waals surface area contributed by atoms with Crippen LogP contribution in [0, 0.1) is 0 Å². The molecule has 82 valence electrons. The van der Waals surface area contributed by atoms with Crippen LogP contribution in [-0.4, -0.2) is 45.7 Å². The minimum atomic E-state index is -0.0179. The Hall–Kier alpha value is -1.01. The van der Waals surface area contributed by atoms with E-state index in [0.717, 1.165) is 37.7 Å². The average molecular weight is 226 g/mol. The maximum Gasteiger partial charge on any atom is 0.275 e. The molecule has 0 aliphatic carbocycles. The van der Waals surface area contributed by atoms with Gasteiger partial charge in [-0.1, -0.05) is 0 Å². The van der Waals surface area contributed by atoms with Crippen molar-refractivity contribution in [1.29, 1.82) is 0 Å². The van der Waals surface area contributed by atoms with Crippen LogP contribution >= 0.6 is 11.7 Å². The van der Waals surface area contributed by atoms with Crippen molar-refractivity contribution in [3.05, 3.63) is 11.9 Å². The monoisotopic (exact) mass is 226 g/mol. The molecule has 1 aromatic heterocycles. The van der Waals surface area contributed by atoms with Crippen LogP contribution < -0.4 is 5.32 Å². The fraction of sp³-hybridized carbons (Fsp3) is 0.667. The SMILES string of the molecule is CN(C(=O)c1cnsn1)C1CCNCC1. The summed E-state index contributed by atoms with van der Waals surface area (Å²) in [5.74, 6) is -0.0179. The van der Waals surface area contributed by atoms with E-state index in [-0.39, 0.29) is 5.91 Å². The minimum absolute atomic E-state index is 0.0179. The number of hydrogen-bond donors (Lipinski definition) is 1. The Morgan fingerprint density at radius 2 is 2.33 bits per heavy atom.